The lowest BCUT2D eigenvalue weighted by atomic mass is 9.93. The average molecular weight is 199 g/mol. The standard InChI is InChI=1S/C11H21NO2/c1-8-6-5-7-12-9(8)10(13)14-11(2,3)4/h8-9,12H,5-7H2,1-4H3/t8-,9+/m1/s1. The van der Waals surface area contributed by atoms with Crippen molar-refractivity contribution in [2.24, 2.45) is 5.92 Å². The lowest BCUT2D eigenvalue weighted by Crippen LogP contribution is -2.48. The van der Waals surface area contributed by atoms with Gasteiger partial charge in [-0.2, -0.15) is 0 Å². The number of nitrogens with one attached hydrogen (secondary N) is 1. The number of rotatable bonds is 1. The Labute approximate surface area is 86.2 Å². The number of carbonyl (C=O) groups excluding carboxylic acids is 1. The maximum atomic E-state index is 11.7. The van der Waals surface area contributed by atoms with E-state index < -0.39 is 0 Å². The van der Waals surface area contributed by atoms with Gasteiger partial charge in [0, 0.05) is 0 Å². The van der Waals surface area contributed by atoms with Crippen LogP contribution in [-0.2, 0) is 9.53 Å². The van der Waals surface area contributed by atoms with Crippen LogP contribution in [-0.4, -0.2) is 24.2 Å². The summed E-state index contributed by atoms with van der Waals surface area (Å²) in [5.41, 5.74) is -0.379. The number of hydrogen-bond acceptors (Lipinski definition) is 3. The van der Waals surface area contributed by atoms with E-state index in [0.717, 1.165) is 19.4 Å². The predicted octanol–water partition coefficient (Wildman–Crippen LogP) is 1.72. The summed E-state index contributed by atoms with van der Waals surface area (Å²) in [5.74, 6) is 0.281. The summed E-state index contributed by atoms with van der Waals surface area (Å²) in [7, 11) is 0. The third-order valence-electron chi connectivity index (χ3n) is 2.43. The molecule has 0 aromatic heterocycles. The van der Waals surface area contributed by atoms with E-state index in [9.17, 15) is 4.79 Å². The zero-order valence-corrected chi connectivity index (χ0v) is 9.59. The number of piperidine rings is 1. The van der Waals surface area contributed by atoms with Crippen molar-refractivity contribution in [1.29, 1.82) is 0 Å². The van der Waals surface area contributed by atoms with Crippen molar-refractivity contribution in [1.82, 2.24) is 5.32 Å². The second kappa shape index (κ2) is 4.30. The van der Waals surface area contributed by atoms with Crippen LogP contribution in [0.2, 0.25) is 0 Å². The molecule has 3 nitrogen and oxygen atoms in total. The lowest BCUT2D eigenvalue weighted by Gasteiger charge is -2.31. The summed E-state index contributed by atoms with van der Waals surface area (Å²) in [4.78, 5) is 11.7. The summed E-state index contributed by atoms with van der Waals surface area (Å²) < 4.78 is 5.35. The van der Waals surface area contributed by atoms with E-state index >= 15 is 0 Å². The maximum absolute atomic E-state index is 11.7. The lowest BCUT2D eigenvalue weighted by molar-refractivity contribution is -0.159. The van der Waals surface area contributed by atoms with Crippen molar-refractivity contribution in [3.05, 3.63) is 0 Å². The van der Waals surface area contributed by atoms with Crippen LogP contribution in [0.15, 0.2) is 0 Å². The van der Waals surface area contributed by atoms with Gasteiger partial charge in [-0.1, -0.05) is 6.92 Å². The van der Waals surface area contributed by atoms with Gasteiger partial charge < -0.3 is 10.1 Å². The molecule has 0 unspecified atom stereocenters. The first-order valence-corrected chi connectivity index (χ1v) is 5.36. The van der Waals surface area contributed by atoms with Gasteiger partial charge in [-0.15, -0.1) is 0 Å². The summed E-state index contributed by atoms with van der Waals surface area (Å²) in [6.45, 7) is 8.73. The molecule has 0 radical (unpaired) electrons. The average Bonchev–Trinajstić information content (AvgIpc) is 2.01. The van der Waals surface area contributed by atoms with Gasteiger partial charge in [0.2, 0.25) is 0 Å². The molecule has 1 fully saturated rings. The number of esters is 1. The second-order valence-corrected chi connectivity index (χ2v) is 5.08. The molecule has 1 aliphatic rings. The predicted molar refractivity (Wildman–Crippen MR) is 56.0 cm³/mol. The molecule has 0 aliphatic carbocycles. The first-order valence-electron chi connectivity index (χ1n) is 5.36. The first-order chi connectivity index (χ1) is 6.40. The molecule has 0 bridgehead atoms. The molecular weight excluding hydrogens is 178 g/mol. The van der Waals surface area contributed by atoms with Gasteiger partial charge >= 0.3 is 5.97 Å². The SMILES string of the molecule is C[C@@H]1CCCN[C@@H]1C(=O)OC(C)(C)C. The fraction of sp³-hybridized carbons (Fsp3) is 0.909. The molecule has 14 heavy (non-hydrogen) atoms. The Hall–Kier alpha value is -0.570. The molecule has 2 atom stereocenters. The third kappa shape index (κ3) is 3.29. The Morgan fingerprint density at radius 3 is 2.57 bits per heavy atom. The number of hydrogen-bond donors (Lipinski definition) is 1. The zero-order chi connectivity index (χ0) is 10.8. The summed E-state index contributed by atoms with van der Waals surface area (Å²) in [6, 6.07) is -0.108. The monoisotopic (exact) mass is 199 g/mol. The quantitative estimate of drug-likeness (QED) is 0.653. The Morgan fingerprint density at radius 1 is 1.43 bits per heavy atom. The van der Waals surface area contributed by atoms with Gasteiger partial charge in [0.15, 0.2) is 0 Å². The van der Waals surface area contributed by atoms with Crippen LogP contribution in [0.3, 0.4) is 0 Å². The van der Waals surface area contributed by atoms with Crippen LogP contribution >= 0.6 is 0 Å². The smallest absolute Gasteiger partial charge is 0.323 e. The highest BCUT2D eigenvalue weighted by Gasteiger charge is 2.31. The number of carbonyl (C=O) groups is 1. The van der Waals surface area contributed by atoms with E-state index in [1.165, 1.54) is 0 Å². The molecule has 1 heterocycles. The van der Waals surface area contributed by atoms with Crippen LogP contribution in [0.1, 0.15) is 40.5 Å². The van der Waals surface area contributed by atoms with Crippen molar-refractivity contribution in [2.45, 2.75) is 52.2 Å². The summed E-state index contributed by atoms with van der Waals surface area (Å²) in [6.07, 6.45) is 2.26. The van der Waals surface area contributed by atoms with Crippen molar-refractivity contribution in [2.75, 3.05) is 6.54 Å². The molecule has 1 aliphatic heterocycles. The molecule has 0 amide bonds. The first kappa shape index (κ1) is 11.5. The van der Waals surface area contributed by atoms with Crippen molar-refractivity contribution in [3.63, 3.8) is 0 Å². The molecule has 3 heteroatoms. The Morgan fingerprint density at radius 2 is 2.07 bits per heavy atom. The largest absolute Gasteiger partial charge is 0.459 e. The van der Waals surface area contributed by atoms with Crippen LogP contribution in [0.4, 0.5) is 0 Å². The Balaban J connectivity index is 2.50. The Bertz CT molecular complexity index is 208. The van der Waals surface area contributed by atoms with Gasteiger partial charge in [0.1, 0.15) is 11.6 Å². The summed E-state index contributed by atoms with van der Waals surface area (Å²) >= 11 is 0. The van der Waals surface area contributed by atoms with Gasteiger partial charge in [0.05, 0.1) is 0 Å². The fourth-order valence-electron chi connectivity index (χ4n) is 1.73. The van der Waals surface area contributed by atoms with Gasteiger partial charge in [-0.25, -0.2) is 0 Å². The molecular formula is C11H21NO2. The molecule has 0 aromatic carbocycles. The maximum Gasteiger partial charge on any atom is 0.323 e. The molecule has 1 saturated heterocycles. The van der Waals surface area contributed by atoms with E-state index in [-0.39, 0.29) is 17.6 Å². The highest BCUT2D eigenvalue weighted by atomic mass is 16.6. The molecule has 0 saturated carbocycles. The van der Waals surface area contributed by atoms with E-state index in [4.69, 9.17) is 4.74 Å². The van der Waals surface area contributed by atoms with E-state index in [1.807, 2.05) is 20.8 Å². The zero-order valence-electron chi connectivity index (χ0n) is 9.59. The minimum absolute atomic E-state index is 0.107. The molecule has 1 rings (SSSR count). The fourth-order valence-corrected chi connectivity index (χ4v) is 1.73. The third-order valence-corrected chi connectivity index (χ3v) is 2.43. The van der Waals surface area contributed by atoms with Gasteiger partial charge in [0.25, 0.3) is 0 Å². The van der Waals surface area contributed by atoms with Gasteiger partial charge in [-0.3, -0.25) is 4.79 Å². The topological polar surface area (TPSA) is 38.3 Å². The molecule has 82 valence electrons. The molecule has 0 spiro atoms. The van der Waals surface area contributed by atoms with E-state index in [0.29, 0.717) is 5.92 Å². The molecule has 1 N–H and O–H groups in total. The second-order valence-electron chi connectivity index (χ2n) is 5.08. The normalized spacial score (nSPS) is 28.6. The Kier molecular flexibility index (Phi) is 3.53. The van der Waals surface area contributed by atoms with E-state index in [2.05, 4.69) is 12.2 Å². The van der Waals surface area contributed by atoms with Crippen LogP contribution in [0.5, 0.6) is 0 Å². The van der Waals surface area contributed by atoms with Gasteiger partial charge in [-0.05, 0) is 46.1 Å². The highest BCUT2D eigenvalue weighted by molar-refractivity contribution is 5.76. The van der Waals surface area contributed by atoms with Crippen molar-refractivity contribution < 1.29 is 9.53 Å². The number of ether oxygens (including phenoxy) is 1. The highest BCUT2D eigenvalue weighted by Crippen LogP contribution is 2.18. The van der Waals surface area contributed by atoms with Crippen LogP contribution in [0.25, 0.3) is 0 Å². The minimum Gasteiger partial charge on any atom is -0.459 e. The van der Waals surface area contributed by atoms with E-state index in [1.54, 1.807) is 0 Å². The van der Waals surface area contributed by atoms with Crippen LogP contribution in [0, 0.1) is 5.92 Å². The molecule has 0 aromatic rings. The van der Waals surface area contributed by atoms with Crippen molar-refractivity contribution in [3.8, 4) is 0 Å². The van der Waals surface area contributed by atoms with Crippen molar-refractivity contribution >= 4 is 5.97 Å². The minimum atomic E-state index is -0.379. The van der Waals surface area contributed by atoms with Crippen LogP contribution < -0.4 is 5.32 Å². The summed E-state index contributed by atoms with van der Waals surface area (Å²) in [5, 5.41) is 3.22.